The molecule has 0 unspecified atom stereocenters. The second kappa shape index (κ2) is 3.66. The van der Waals surface area contributed by atoms with E-state index in [9.17, 15) is 12.8 Å². The predicted octanol–water partition coefficient (Wildman–Crippen LogP) is -1.85. The number of sulfonamides is 1. The molecule has 1 aromatic rings. The second-order valence-corrected chi connectivity index (χ2v) is 4.14. The summed E-state index contributed by atoms with van der Waals surface area (Å²) in [6, 6.07) is 2.64. The van der Waals surface area contributed by atoms with Crippen LogP contribution in [0.1, 0.15) is 0 Å². The molecule has 0 spiro atoms. The van der Waals surface area contributed by atoms with Crippen LogP contribution in [-0.2, 0) is 10.0 Å². The maximum absolute atomic E-state index is 13.0. The van der Waals surface area contributed by atoms with Gasteiger partial charge in [-0.15, -0.1) is 0 Å². The monoisotopic (exact) mass is 219 g/mol. The second-order valence-electron chi connectivity index (χ2n) is 2.61. The zero-order chi connectivity index (χ0) is 10.9. The molecule has 0 saturated carbocycles. The van der Waals surface area contributed by atoms with Crippen LogP contribution in [0.4, 0.5) is 4.39 Å². The molecule has 0 heterocycles. The molecule has 0 amide bonds. The van der Waals surface area contributed by atoms with Crippen molar-refractivity contribution in [3.63, 3.8) is 0 Å². The van der Waals surface area contributed by atoms with Gasteiger partial charge in [-0.3, -0.25) is 0 Å². The van der Waals surface area contributed by atoms with Gasteiger partial charge in [0.25, 0.3) is 0 Å². The first-order valence-electron chi connectivity index (χ1n) is 3.51. The molecule has 0 radical (unpaired) electrons. The molecule has 0 aromatic heterocycles. The highest BCUT2D eigenvalue weighted by molar-refractivity contribution is 7.89. The quantitative estimate of drug-likeness (QED) is 0.508. The van der Waals surface area contributed by atoms with E-state index in [1.54, 1.807) is 0 Å². The molecule has 0 aliphatic rings. The molecule has 0 bridgehead atoms. The molecular weight excluding hydrogens is 212 g/mol. The molecule has 0 aliphatic carbocycles. The van der Waals surface area contributed by atoms with Gasteiger partial charge in [0.15, 0.2) is 0 Å². The van der Waals surface area contributed by atoms with E-state index >= 15 is 0 Å². The highest BCUT2D eigenvalue weighted by Crippen LogP contribution is 2.09. The summed E-state index contributed by atoms with van der Waals surface area (Å²) < 4.78 is 34.5. The van der Waals surface area contributed by atoms with E-state index < -0.39 is 27.9 Å². The molecule has 14 heavy (non-hydrogen) atoms. The summed E-state index contributed by atoms with van der Waals surface area (Å²) in [7, 11) is -5.96. The van der Waals surface area contributed by atoms with Gasteiger partial charge in [0.1, 0.15) is 10.7 Å². The Bertz CT molecular complexity index is 447. The Morgan fingerprint density at radius 3 is 2.29 bits per heavy atom. The van der Waals surface area contributed by atoms with E-state index in [2.05, 4.69) is 0 Å². The molecule has 0 saturated heterocycles. The zero-order valence-electron chi connectivity index (χ0n) is 6.88. The minimum atomic E-state index is -4.11. The summed E-state index contributed by atoms with van der Waals surface area (Å²) in [4.78, 5) is -0.679. The summed E-state index contributed by atoms with van der Waals surface area (Å²) in [6.07, 6.45) is 0. The standard InChI is InChI=1S/C6H7BFNO4S/c8-5-3-4(7(10)11)1-2-6(5)14(9,12)13/h1-3,10-11H,(H2,9,12,13). The number of halogens is 1. The topological polar surface area (TPSA) is 101 Å². The molecule has 76 valence electrons. The molecule has 5 nitrogen and oxygen atoms in total. The fraction of sp³-hybridized carbons (Fsp3) is 0. The first-order chi connectivity index (χ1) is 6.32. The van der Waals surface area contributed by atoms with Gasteiger partial charge in [-0.25, -0.2) is 17.9 Å². The third kappa shape index (κ3) is 2.29. The van der Waals surface area contributed by atoms with Crippen molar-refractivity contribution in [2.24, 2.45) is 5.14 Å². The van der Waals surface area contributed by atoms with Crippen molar-refractivity contribution >= 4 is 22.6 Å². The number of hydrogen-bond acceptors (Lipinski definition) is 4. The maximum Gasteiger partial charge on any atom is 0.488 e. The van der Waals surface area contributed by atoms with Crippen molar-refractivity contribution in [2.45, 2.75) is 4.90 Å². The fourth-order valence-electron chi connectivity index (χ4n) is 0.908. The zero-order valence-corrected chi connectivity index (χ0v) is 7.70. The van der Waals surface area contributed by atoms with Gasteiger partial charge in [-0.2, -0.15) is 0 Å². The van der Waals surface area contributed by atoms with E-state index in [0.29, 0.717) is 6.07 Å². The van der Waals surface area contributed by atoms with Crippen molar-refractivity contribution in [2.75, 3.05) is 0 Å². The Hall–Kier alpha value is -0.955. The number of nitrogens with two attached hydrogens (primary N) is 1. The van der Waals surface area contributed by atoms with Crippen LogP contribution in [0, 0.1) is 5.82 Å². The van der Waals surface area contributed by atoms with Crippen molar-refractivity contribution in [3.8, 4) is 0 Å². The first-order valence-corrected chi connectivity index (χ1v) is 5.05. The van der Waals surface area contributed by atoms with Crippen LogP contribution in [-0.4, -0.2) is 25.6 Å². The molecule has 0 aliphatic heterocycles. The van der Waals surface area contributed by atoms with Gasteiger partial charge in [-0.05, 0) is 17.6 Å². The largest absolute Gasteiger partial charge is 0.488 e. The molecule has 0 fully saturated rings. The number of rotatable bonds is 2. The van der Waals surface area contributed by atoms with Gasteiger partial charge in [0.05, 0.1) is 0 Å². The van der Waals surface area contributed by atoms with Gasteiger partial charge >= 0.3 is 7.12 Å². The number of hydrogen-bond donors (Lipinski definition) is 3. The summed E-state index contributed by atoms with van der Waals surface area (Å²) >= 11 is 0. The summed E-state index contributed by atoms with van der Waals surface area (Å²) in [5.74, 6) is -1.11. The Kier molecular flexibility index (Phi) is 2.91. The lowest BCUT2D eigenvalue weighted by atomic mass is 9.80. The van der Waals surface area contributed by atoms with E-state index in [1.165, 1.54) is 0 Å². The minimum absolute atomic E-state index is 0.144. The van der Waals surface area contributed by atoms with Crippen molar-refractivity contribution in [3.05, 3.63) is 24.0 Å². The average molecular weight is 219 g/mol. The smallest absolute Gasteiger partial charge is 0.423 e. The number of benzene rings is 1. The highest BCUT2D eigenvalue weighted by atomic mass is 32.2. The Labute approximate surface area is 80.2 Å². The lowest BCUT2D eigenvalue weighted by Gasteiger charge is -2.03. The van der Waals surface area contributed by atoms with E-state index in [0.717, 1.165) is 12.1 Å². The Morgan fingerprint density at radius 1 is 1.36 bits per heavy atom. The fourth-order valence-corrected chi connectivity index (χ4v) is 1.50. The lowest BCUT2D eigenvalue weighted by Crippen LogP contribution is -2.30. The van der Waals surface area contributed by atoms with Crippen LogP contribution in [0.5, 0.6) is 0 Å². The molecule has 0 atom stereocenters. The Balaban J connectivity index is 3.28. The van der Waals surface area contributed by atoms with Crippen LogP contribution >= 0.6 is 0 Å². The van der Waals surface area contributed by atoms with E-state index in [-0.39, 0.29) is 5.46 Å². The third-order valence-electron chi connectivity index (χ3n) is 1.56. The van der Waals surface area contributed by atoms with Gasteiger partial charge in [-0.1, -0.05) is 6.07 Å². The van der Waals surface area contributed by atoms with Gasteiger partial charge in [0, 0.05) is 0 Å². The molecule has 1 rings (SSSR count). The lowest BCUT2D eigenvalue weighted by molar-refractivity contribution is 0.425. The summed E-state index contributed by atoms with van der Waals surface area (Å²) in [5.41, 5.74) is -0.144. The molecule has 4 N–H and O–H groups in total. The van der Waals surface area contributed by atoms with Crippen LogP contribution in [0.3, 0.4) is 0 Å². The normalized spacial score (nSPS) is 11.4. The summed E-state index contributed by atoms with van der Waals surface area (Å²) in [5, 5.41) is 22.0. The number of primary sulfonamides is 1. The Morgan fingerprint density at radius 2 is 1.93 bits per heavy atom. The highest BCUT2D eigenvalue weighted by Gasteiger charge is 2.18. The molecule has 1 aromatic carbocycles. The molecular formula is C6H7BFNO4S. The van der Waals surface area contributed by atoms with E-state index in [4.69, 9.17) is 15.2 Å². The van der Waals surface area contributed by atoms with Gasteiger partial charge in [0.2, 0.25) is 10.0 Å². The van der Waals surface area contributed by atoms with Crippen LogP contribution in [0.15, 0.2) is 23.1 Å². The minimum Gasteiger partial charge on any atom is -0.423 e. The van der Waals surface area contributed by atoms with Crippen molar-refractivity contribution in [1.29, 1.82) is 0 Å². The van der Waals surface area contributed by atoms with Crippen molar-refractivity contribution in [1.82, 2.24) is 0 Å². The van der Waals surface area contributed by atoms with Gasteiger partial charge < -0.3 is 10.0 Å². The van der Waals surface area contributed by atoms with Crippen LogP contribution < -0.4 is 10.6 Å². The van der Waals surface area contributed by atoms with E-state index in [1.807, 2.05) is 0 Å². The van der Waals surface area contributed by atoms with Crippen molar-refractivity contribution < 1.29 is 22.9 Å². The predicted molar refractivity (Wildman–Crippen MR) is 47.6 cm³/mol. The maximum atomic E-state index is 13.0. The first kappa shape index (κ1) is 11.1. The average Bonchev–Trinajstić information content (AvgIpc) is 2.01. The molecule has 8 heteroatoms. The summed E-state index contributed by atoms with van der Waals surface area (Å²) in [6.45, 7) is 0. The SMILES string of the molecule is NS(=O)(=O)c1ccc(B(O)O)cc1F. The third-order valence-corrected chi connectivity index (χ3v) is 2.50. The van der Waals surface area contributed by atoms with Crippen LogP contribution in [0.25, 0.3) is 0 Å². The van der Waals surface area contributed by atoms with Crippen LogP contribution in [0.2, 0.25) is 0 Å².